The highest BCUT2D eigenvalue weighted by molar-refractivity contribution is 7.98. The van der Waals surface area contributed by atoms with Gasteiger partial charge in [-0.1, -0.05) is 29.3 Å². The summed E-state index contributed by atoms with van der Waals surface area (Å²) in [4.78, 5) is 12.4. The third-order valence-electron chi connectivity index (χ3n) is 2.87. The normalized spacial score (nSPS) is 10.6. The van der Waals surface area contributed by atoms with Crippen molar-refractivity contribution in [3.63, 3.8) is 0 Å². The molecule has 0 aliphatic heterocycles. The number of methoxy groups -OCH3 is 1. The van der Waals surface area contributed by atoms with E-state index in [9.17, 15) is 4.79 Å². The van der Waals surface area contributed by atoms with Crippen LogP contribution in [0.5, 0.6) is 5.75 Å². The molecule has 0 saturated carbocycles. The van der Waals surface area contributed by atoms with Crippen molar-refractivity contribution in [3.8, 4) is 5.75 Å². The second kappa shape index (κ2) is 6.33. The number of hydrogen-bond acceptors (Lipinski definition) is 4. The summed E-state index contributed by atoms with van der Waals surface area (Å²) in [7, 11) is 3.22. The Labute approximate surface area is 126 Å². The quantitative estimate of drug-likeness (QED) is 0.814. The summed E-state index contributed by atoms with van der Waals surface area (Å²) < 4.78 is 6.56. The number of hydrogen-bond donors (Lipinski definition) is 0. The Morgan fingerprint density at radius 3 is 2.90 bits per heavy atom. The molecule has 0 saturated heterocycles. The van der Waals surface area contributed by atoms with Gasteiger partial charge in [0, 0.05) is 18.4 Å². The van der Waals surface area contributed by atoms with Crippen molar-refractivity contribution in [1.29, 1.82) is 0 Å². The molecule has 1 aromatic carbocycles. The van der Waals surface area contributed by atoms with E-state index < -0.39 is 0 Å². The number of benzene rings is 1. The van der Waals surface area contributed by atoms with E-state index in [1.165, 1.54) is 16.4 Å². The predicted molar refractivity (Wildman–Crippen MR) is 81.8 cm³/mol. The van der Waals surface area contributed by atoms with Gasteiger partial charge >= 0.3 is 0 Å². The van der Waals surface area contributed by atoms with Crippen LogP contribution in [0.4, 0.5) is 0 Å². The van der Waals surface area contributed by atoms with Gasteiger partial charge in [-0.3, -0.25) is 4.79 Å². The van der Waals surface area contributed by atoms with Gasteiger partial charge in [-0.05, 0) is 13.0 Å². The van der Waals surface area contributed by atoms with Gasteiger partial charge in [0.25, 0.3) is 5.56 Å². The van der Waals surface area contributed by atoms with Crippen LogP contribution in [0, 0.1) is 6.92 Å². The van der Waals surface area contributed by atoms with Crippen molar-refractivity contribution in [2.75, 3.05) is 7.11 Å². The molecule has 0 radical (unpaired) electrons. The second-order valence-electron chi connectivity index (χ2n) is 4.36. The molecule has 6 heteroatoms. The van der Waals surface area contributed by atoms with Crippen LogP contribution in [0.25, 0.3) is 0 Å². The topological polar surface area (TPSA) is 44.1 Å². The zero-order valence-corrected chi connectivity index (χ0v) is 13.1. The number of aromatic nitrogens is 2. The third-order valence-corrected chi connectivity index (χ3v) is 4.42. The van der Waals surface area contributed by atoms with Crippen molar-refractivity contribution < 1.29 is 4.74 Å². The average Bonchev–Trinajstić information content (AvgIpc) is 2.44. The zero-order chi connectivity index (χ0) is 14.7. The first kappa shape index (κ1) is 14.9. The van der Waals surface area contributed by atoms with Crippen LogP contribution < -0.4 is 10.3 Å². The first-order valence-corrected chi connectivity index (χ1v) is 7.37. The Kier molecular flexibility index (Phi) is 4.73. The molecular formula is C14H15ClN2O2S. The van der Waals surface area contributed by atoms with Crippen molar-refractivity contribution in [2.45, 2.75) is 17.6 Å². The van der Waals surface area contributed by atoms with Gasteiger partial charge in [0.05, 0.1) is 18.2 Å². The molecule has 0 amide bonds. The molecule has 2 aromatic rings. The molecular weight excluding hydrogens is 296 g/mol. The maximum absolute atomic E-state index is 11.7. The van der Waals surface area contributed by atoms with E-state index in [1.54, 1.807) is 20.4 Å². The molecule has 20 heavy (non-hydrogen) atoms. The summed E-state index contributed by atoms with van der Waals surface area (Å²) in [5, 5.41) is 4.19. The summed E-state index contributed by atoms with van der Waals surface area (Å²) in [6.07, 6.45) is 1.61. The lowest BCUT2D eigenvalue weighted by atomic mass is 10.1. The Hall–Kier alpha value is -1.46. The maximum atomic E-state index is 11.7. The lowest BCUT2D eigenvalue weighted by Gasteiger charge is -2.10. The van der Waals surface area contributed by atoms with Gasteiger partial charge in [-0.25, -0.2) is 4.68 Å². The molecule has 0 fully saturated rings. The standard InChI is InChI=1S/C14H15ClN2O2S/c1-9-4-5-11(19-3)10(6-9)8-20-12-7-16-17(2)14(18)13(12)15/h4-7H,8H2,1-3H3. The Morgan fingerprint density at radius 2 is 2.20 bits per heavy atom. The molecule has 0 atom stereocenters. The van der Waals surface area contributed by atoms with Crippen LogP contribution in [0.3, 0.4) is 0 Å². The fourth-order valence-corrected chi connectivity index (χ4v) is 2.98. The molecule has 0 unspecified atom stereocenters. The number of halogens is 1. The minimum atomic E-state index is -0.284. The molecule has 0 aliphatic carbocycles. The summed E-state index contributed by atoms with van der Waals surface area (Å²) in [5.41, 5.74) is 1.94. The van der Waals surface area contributed by atoms with Gasteiger partial charge in [0.1, 0.15) is 10.8 Å². The molecule has 106 valence electrons. The Bertz CT molecular complexity index is 685. The molecule has 0 bridgehead atoms. The predicted octanol–water partition coefficient (Wildman–Crippen LogP) is 3.04. The molecule has 0 N–H and O–H groups in total. The SMILES string of the molecule is COc1ccc(C)cc1CSc1cnn(C)c(=O)c1Cl. The minimum Gasteiger partial charge on any atom is -0.496 e. The van der Waals surface area contributed by atoms with Gasteiger partial charge in [-0.2, -0.15) is 5.10 Å². The van der Waals surface area contributed by atoms with Gasteiger partial charge in [-0.15, -0.1) is 11.8 Å². The lowest BCUT2D eigenvalue weighted by molar-refractivity contribution is 0.411. The first-order valence-electron chi connectivity index (χ1n) is 6.01. The second-order valence-corrected chi connectivity index (χ2v) is 5.75. The van der Waals surface area contributed by atoms with Crippen molar-refractivity contribution in [1.82, 2.24) is 9.78 Å². The molecule has 0 aliphatic rings. The smallest absolute Gasteiger partial charge is 0.286 e. The van der Waals surface area contributed by atoms with Gasteiger partial charge < -0.3 is 4.74 Å². The van der Waals surface area contributed by atoms with Crippen LogP contribution in [-0.2, 0) is 12.8 Å². The Morgan fingerprint density at radius 1 is 1.45 bits per heavy atom. The highest BCUT2D eigenvalue weighted by Gasteiger charge is 2.10. The van der Waals surface area contributed by atoms with E-state index >= 15 is 0 Å². The molecule has 1 aromatic heterocycles. The summed E-state index contributed by atoms with van der Waals surface area (Å²) >= 11 is 7.52. The largest absolute Gasteiger partial charge is 0.496 e. The fraction of sp³-hybridized carbons (Fsp3) is 0.286. The summed E-state index contributed by atoms with van der Waals surface area (Å²) in [6.45, 7) is 2.03. The van der Waals surface area contributed by atoms with Gasteiger partial charge in [0.15, 0.2) is 0 Å². The molecule has 0 spiro atoms. The lowest BCUT2D eigenvalue weighted by Crippen LogP contribution is -2.19. The van der Waals surface area contributed by atoms with Crippen LogP contribution in [0.1, 0.15) is 11.1 Å². The Balaban J connectivity index is 2.23. The van der Waals surface area contributed by atoms with Crippen LogP contribution in [0.2, 0.25) is 5.02 Å². The van der Waals surface area contributed by atoms with Crippen molar-refractivity contribution >= 4 is 23.4 Å². The van der Waals surface area contributed by atoms with E-state index in [2.05, 4.69) is 11.2 Å². The third kappa shape index (κ3) is 3.16. The zero-order valence-electron chi connectivity index (χ0n) is 11.5. The summed E-state index contributed by atoms with van der Waals surface area (Å²) in [6, 6.07) is 6.00. The van der Waals surface area contributed by atoms with E-state index in [-0.39, 0.29) is 10.6 Å². The summed E-state index contributed by atoms with van der Waals surface area (Å²) in [5.74, 6) is 1.50. The van der Waals surface area contributed by atoms with E-state index in [1.807, 2.05) is 19.1 Å². The minimum absolute atomic E-state index is 0.208. The maximum Gasteiger partial charge on any atom is 0.286 e. The number of rotatable bonds is 4. The van der Waals surface area contributed by atoms with Crippen molar-refractivity contribution in [2.24, 2.45) is 7.05 Å². The molecule has 4 nitrogen and oxygen atoms in total. The van der Waals surface area contributed by atoms with Gasteiger partial charge in [0.2, 0.25) is 0 Å². The molecule has 2 rings (SSSR count). The number of ether oxygens (including phenoxy) is 1. The van der Waals surface area contributed by atoms with E-state index in [0.717, 1.165) is 16.9 Å². The highest BCUT2D eigenvalue weighted by Crippen LogP contribution is 2.30. The first-order chi connectivity index (χ1) is 9.52. The number of nitrogens with zero attached hydrogens (tertiary/aromatic N) is 2. The number of thioether (sulfide) groups is 1. The average molecular weight is 311 g/mol. The highest BCUT2D eigenvalue weighted by atomic mass is 35.5. The van der Waals surface area contributed by atoms with Crippen LogP contribution in [0.15, 0.2) is 34.1 Å². The number of aryl methyl sites for hydroxylation is 2. The van der Waals surface area contributed by atoms with Crippen LogP contribution in [-0.4, -0.2) is 16.9 Å². The van der Waals surface area contributed by atoms with Crippen LogP contribution >= 0.6 is 23.4 Å². The molecule has 1 heterocycles. The monoisotopic (exact) mass is 310 g/mol. The van der Waals surface area contributed by atoms with E-state index in [4.69, 9.17) is 16.3 Å². The fourth-order valence-electron chi connectivity index (χ4n) is 1.77. The van der Waals surface area contributed by atoms with Crippen molar-refractivity contribution in [3.05, 3.63) is 50.9 Å². The van der Waals surface area contributed by atoms with E-state index in [0.29, 0.717) is 10.6 Å².